The Kier molecular flexibility index (Phi) is 11.8. The average Bonchev–Trinajstić information content (AvgIpc) is 3.13. The highest BCUT2D eigenvalue weighted by molar-refractivity contribution is 9.10. The van der Waals surface area contributed by atoms with Gasteiger partial charge in [0.05, 0.1) is 18.1 Å². The largest absolute Gasteiger partial charge is 0.464 e. The quantitative estimate of drug-likeness (QED) is 0.122. The molecule has 2 amide bonds. The lowest BCUT2D eigenvalue weighted by Crippen LogP contribution is -2.49. The average molecular weight is 743 g/mol. The zero-order chi connectivity index (χ0) is 35.8. The van der Waals surface area contributed by atoms with Crippen LogP contribution < -0.4 is 0 Å². The first kappa shape index (κ1) is 35.9. The summed E-state index contributed by atoms with van der Waals surface area (Å²) in [5.41, 5.74) is 4.91. The molecule has 50 heavy (non-hydrogen) atoms. The van der Waals surface area contributed by atoms with Crippen molar-refractivity contribution in [3.63, 3.8) is 0 Å². The lowest BCUT2D eigenvalue weighted by Gasteiger charge is -2.35. The van der Waals surface area contributed by atoms with Crippen molar-refractivity contribution in [2.24, 2.45) is 0 Å². The van der Waals surface area contributed by atoms with Crippen LogP contribution in [0, 0.1) is 10.1 Å². The number of hydrogen-bond donors (Lipinski definition) is 0. The third-order valence-electron chi connectivity index (χ3n) is 8.53. The number of halogens is 1. The normalized spacial score (nSPS) is 16.1. The Morgan fingerprint density at radius 2 is 1.14 bits per heavy atom. The van der Waals surface area contributed by atoms with Gasteiger partial charge >= 0.3 is 11.9 Å². The standard InChI is InChI=1S/C19H18BrNO3.C19H18N2O5/c1-2-24-19(23)17-11-13-6-3-4-7-15(13)12-21(17)18(22)14-8-5-9-16(20)10-14;1-2-26-19(23)17-11-14-5-3-4-6-15(14)12-20(17)18(22)13-7-9-16(10-8-13)21(24)25/h3-10,17H,2,11-12H2,1H3;3-10,17H,2,11-12H2,1H3. The van der Waals surface area contributed by atoms with E-state index in [1.165, 1.54) is 29.2 Å². The number of ether oxygens (including phenoxy) is 2. The van der Waals surface area contributed by atoms with Crippen LogP contribution in [0.5, 0.6) is 0 Å². The lowest BCUT2D eigenvalue weighted by molar-refractivity contribution is -0.384. The zero-order valence-corrected chi connectivity index (χ0v) is 29.2. The summed E-state index contributed by atoms with van der Waals surface area (Å²) in [6, 6.07) is 26.8. The number of nitrogens with zero attached hydrogens (tertiary/aromatic N) is 3. The molecule has 2 aliphatic rings. The van der Waals surface area contributed by atoms with Crippen molar-refractivity contribution in [1.82, 2.24) is 9.80 Å². The second kappa shape index (κ2) is 16.4. The van der Waals surface area contributed by atoms with E-state index in [9.17, 15) is 29.3 Å². The number of carbonyl (C=O) groups excluding carboxylic acids is 4. The minimum Gasteiger partial charge on any atom is -0.464 e. The predicted molar refractivity (Wildman–Crippen MR) is 188 cm³/mol. The smallest absolute Gasteiger partial charge is 0.329 e. The van der Waals surface area contributed by atoms with Gasteiger partial charge in [0.25, 0.3) is 17.5 Å². The van der Waals surface area contributed by atoms with Crippen molar-refractivity contribution in [2.75, 3.05) is 13.2 Å². The van der Waals surface area contributed by atoms with E-state index in [0.717, 1.165) is 26.7 Å². The number of benzene rings is 4. The molecule has 0 N–H and O–H groups in total. The molecule has 6 rings (SSSR count). The fraction of sp³-hybridized carbons (Fsp3) is 0.263. The van der Waals surface area contributed by atoms with Crippen LogP contribution in [0.15, 0.2) is 102 Å². The highest BCUT2D eigenvalue weighted by Crippen LogP contribution is 2.28. The molecule has 4 aromatic rings. The molecule has 2 heterocycles. The van der Waals surface area contributed by atoms with Gasteiger partial charge < -0.3 is 19.3 Å². The molecule has 2 unspecified atom stereocenters. The molecule has 0 fully saturated rings. The summed E-state index contributed by atoms with van der Waals surface area (Å²) < 4.78 is 11.2. The van der Waals surface area contributed by atoms with E-state index in [4.69, 9.17) is 9.47 Å². The van der Waals surface area contributed by atoms with Gasteiger partial charge in [-0.2, -0.15) is 0 Å². The molecule has 0 spiro atoms. The Morgan fingerprint density at radius 3 is 1.58 bits per heavy atom. The van der Waals surface area contributed by atoms with Crippen LogP contribution in [-0.2, 0) is 45.0 Å². The maximum atomic E-state index is 13.0. The molecule has 11 nitrogen and oxygen atoms in total. The molecule has 2 atom stereocenters. The Hall–Kier alpha value is -5.36. The van der Waals surface area contributed by atoms with Gasteiger partial charge in [0, 0.05) is 53.7 Å². The fourth-order valence-electron chi connectivity index (χ4n) is 6.05. The van der Waals surface area contributed by atoms with Crippen molar-refractivity contribution in [1.29, 1.82) is 0 Å². The summed E-state index contributed by atoms with van der Waals surface area (Å²) >= 11 is 3.39. The summed E-state index contributed by atoms with van der Waals surface area (Å²) in [6.45, 7) is 4.72. The number of non-ortho nitro benzene ring substituents is 1. The van der Waals surface area contributed by atoms with Crippen LogP contribution in [0.3, 0.4) is 0 Å². The Labute approximate surface area is 298 Å². The maximum absolute atomic E-state index is 13.0. The number of esters is 2. The van der Waals surface area contributed by atoms with E-state index in [-0.39, 0.29) is 36.6 Å². The van der Waals surface area contributed by atoms with Crippen molar-refractivity contribution in [3.8, 4) is 0 Å². The molecule has 0 bridgehead atoms. The summed E-state index contributed by atoms with van der Waals surface area (Å²) in [5.74, 6) is -1.32. The summed E-state index contributed by atoms with van der Waals surface area (Å²) in [7, 11) is 0. The minimum absolute atomic E-state index is 0.0903. The summed E-state index contributed by atoms with van der Waals surface area (Å²) in [4.78, 5) is 64.1. The van der Waals surface area contributed by atoms with Crippen molar-refractivity contribution in [3.05, 3.63) is 145 Å². The number of rotatable bonds is 7. The van der Waals surface area contributed by atoms with E-state index >= 15 is 0 Å². The highest BCUT2D eigenvalue weighted by atomic mass is 79.9. The fourth-order valence-corrected chi connectivity index (χ4v) is 6.45. The molecule has 0 radical (unpaired) electrons. The van der Waals surface area contributed by atoms with Gasteiger partial charge in [-0.25, -0.2) is 9.59 Å². The third-order valence-corrected chi connectivity index (χ3v) is 9.03. The van der Waals surface area contributed by atoms with Crippen LogP contribution in [0.25, 0.3) is 0 Å². The van der Waals surface area contributed by atoms with E-state index in [1.54, 1.807) is 30.9 Å². The second-order valence-corrected chi connectivity index (χ2v) is 12.6. The molecule has 0 saturated carbocycles. The van der Waals surface area contributed by atoms with E-state index < -0.39 is 23.0 Å². The molecule has 4 aromatic carbocycles. The van der Waals surface area contributed by atoms with Gasteiger partial charge in [-0.1, -0.05) is 70.5 Å². The Bertz CT molecular complexity index is 1900. The zero-order valence-electron chi connectivity index (χ0n) is 27.6. The van der Waals surface area contributed by atoms with Crippen LogP contribution in [0.1, 0.15) is 56.8 Å². The molecule has 258 valence electrons. The van der Waals surface area contributed by atoms with Gasteiger partial charge in [-0.05, 0) is 66.4 Å². The molecular formula is C38H36BrN3O8. The lowest BCUT2D eigenvalue weighted by atomic mass is 9.93. The van der Waals surface area contributed by atoms with Gasteiger partial charge in [0.2, 0.25) is 0 Å². The van der Waals surface area contributed by atoms with Gasteiger partial charge in [-0.3, -0.25) is 19.7 Å². The number of carbonyl (C=O) groups is 4. The van der Waals surface area contributed by atoms with Gasteiger partial charge in [0.15, 0.2) is 0 Å². The van der Waals surface area contributed by atoms with Crippen LogP contribution >= 0.6 is 15.9 Å². The number of hydrogen-bond acceptors (Lipinski definition) is 8. The monoisotopic (exact) mass is 741 g/mol. The maximum Gasteiger partial charge on any atom is 0.329 e. The van der Waals surface area contributed by atoms with Crippen LogP contribution in [0.4, 0.5) is 5.69 Å². The first-order chi connectivity index (χ1) is 24.1. The second-order valence-electron chi connectivity index (χ2n) is 11.7. The predicted octanol–water partition coefficient (Wildman–Crippen LogP) is 6.30. The molecule has 0 saturated heterocycles. The molecular weight excluding hydrogens is 706 g/mol. The van der Waals surface area contributed by atoms with E-state index in [0.29, 0.717) is 37.1 Å². The highest BCUT2D eigenvalue weighted by Gasteiger charge is 2.37. The van der Waals surface area contributed by atoms with Crippen molar-refractivity contribution >= 4 is 45.4 Å². The van der Waals surface area contributed by atoms with E-state index in [2.05, 4.69) is 15.9 Å². The number of nitro benzene ring substituents is 1. The Morgan fingerprint density at radius 1 is 0.680 bits per heavy atom. The molecule has 0 aromatic heterocycles. The summed E-state index contributed by atoms with van der Waals surface area (Å²) in [6.07, 6.45) is 0.864. The molecule has 12 heteroatoms. The minimum atomic E-state index is -0.715. The first-order valence-corrected chi connectivity index (χ1v) is 17.0. The summed E-state index contributed by atoms with van der Waals surface area (Å²) in [5, 5.41) is 10.8. The van der Waals surface area contributed by atoms with Gasteiger partial charge in [0.1, 0.15) is 12.1 Å². The number of amides is 2. The SMILES string of the molecule is CCOC(=O)C1Cc2ccccc2CN1C(=O)c1ccc([N+](=O)[O-])cc1.CCOC(=O)C1Cc2ccccc2CN1C(=O)c1cccc(Br)c1. The van der Waals surface area contributed by atoms with E-state index in [1.807, 2.05) is 60.7 Å². The third kappa shape index (κ3) is 8.25. The molecule has 0 aliphatic carbocycles. The van der Waals surface area contributed by atoms with Crippen molar-refractivity contribution in [2.45, 2.75) is 51.9 Å². The van der Waals surface area contributed by atoms with Crippen LogP contribution in [0.2, 0.25) is 0 Å². The number of fused-ring (bicyclic) bond motifs is 2. The van der Waals surface area contributed by atoms with Gasteiger partial charge in [-0.15, -0.1) is 0 Å². The Balaban J connectivity index is 0.000000195. The number of nitro groups is 1. The first-order valence-electron chi connectivity index (χ1n) is 16.2. The van der Waals surface area contributed by atoms with Crippen molar-refractivity contribution < 1.29 is 33.6 Å². The topological polar surface area (TPSA) is 136 Å². The molecule has 2 aliphatic heterocycles. The van der Waals surface area contributed by atoms with Crippen LogP contribution in [-0.4, -0.2) is 63.8 Å².